The highest BCUT2D eigenvalue weighted by Gasteiger charge is 2.43. The van der Waals surface area contributed by atoms with Gasteiger partial charge in [-0.15, -0.1) is 11.3 Å². The van der Waals surface area contributed by atoms with Gasteiger partial charge in [0.15, 0.2) is 0 Å². The van der Waals surface area contributed by atoms with Crippen molar-refractivity contribution in [2.24, 2.45) is 0 Å². The molecule has 0 N–H and O–H groups in total. The second-order valence-electron chi connectivity index (χ2n) is 6.26. The number of furan rings is 1. The smallest absolute Gasteiger partial charge is 0.257 e. The Hall–Kier alpha value is -1.59. The second kappa shape index (κ2) is 5.56. The Morgan fingerprint density at radius 2 is 2.09 bits per heavy atom. The third-order valence-corrected chi connectivity index (χ3v) is 5.70. The molecule has 0 saturated carbocycles. The lowest BCUT2D eigenvalue weighted by molar-refractivity contribution is 0.0406. The Morgan fingerprint density at radius 3 is 2.68 bits per heavy atom. The Bertz CT molecular complexity index is 650. The highest BCUT2D eigenvalue weighted by molar-refractivity contribution is 7.09. The van der Waals surface area contributed by atoms with E-state index in [1.165, 1.54) is 4.88 Å². The summed E-state index contributed by atoms with van der Waals surface area (Å²) in [5.41, 5.74) is 0.726. The summed E-state index contributed by atoms with van der Waals surface area (Å²) in [5, 5.41) is 2.13. The number of rotatable bonds is 3. The van der Waals surface area contributed by atoms with Gasteiger partial charge in [-0.3, -0.25) is 9.69 Å². The fraction of sp³-hybridized carbons (Fsp3) is 0.471. The van der Waals surface area contributed by atoms with Crippen LogP contribution in [0.15, 0.2) is 34.3 Å². The average molecular weight is 316 g/mol. The molecule has 4 rings (SSSR count). The van der Waals surface area contributed by atoms with E-state index in [9.17, 15) is 4.79 Å². The van der Waals surface area contributed by atoms with Crippen molar-refractivity contribution in [1.82, 2.24) is 9.80 Å². The number of nitrogens with zero attached hydrogens (tertiary/aromatic N) is 2. The van der Waals surface area contributed by atoms with Crippen molar-refractivity contribution < 1.29 is 9.21 Å². The lowest BCUT2D eigenvalue weighted by Crippen LogP contribution is -2.55. The van der Waals surface area contributed by atoms with Crippen LogP contribution in [0.3, 0.4) is 0 Å². The van der Waals surface area contributed by atoms with Crippen molar-refractivity contribution >= 4 is 17.2 Å². The molecule has 2 fully saturated rings. The molecule has 22 heavy (non-hydrogen) atoms. The second-order valence-corrected chi connectivity index (χ2v) is 7.29. The molecule has 4 heterocycles. The van der Waals surface area contributed by atoms with Crippen molar-refractivity contribution in [3.63, 3.8) is 0 Å². The number of piperazine rings is 1. The highest BCUT2D eigenvalue weighted by atomic mass is 32.1. The number of aryl methyl sites for hydroxylation is 1. The largest absolute Gasteiger partial charge is 0.469 e. The van der Waals surface area contributed by atoms with E-state index in [0.717, 1.165) is 43.8 Å². The summed E-state index contributed by atoms with van der Waals surface area (Å²) in [6.07, 6.45) is 3.85. The molecule has 2 bridgehead atoms. The first-order valence-electron chi connectivity index (χ1n) is 7.84. The van der Waals surface area contributed by atoms with Gasteiger partial charge in [0.25, 0.3) is 5.91 Å². The predicted octanol–water partition coefficient (Wildman–Crippen LogP) is 3.14. The van der Waals surface area contributed by atoms with E-state index in [1.54, 1.807) is 12.3 Å². The van der Waals surface area contributed by atoms with Crippen LogP contribution in [0.4, 0.5) is 0 Å². The van der Waals surface area contributed by atoms with E-state index in [1.807, 2.05) is 18.3 Å². The van der Waals surface area contributed by atoms with E-state index in [2.05, 4.69) is 27.3 Å². The molecule has 2 aliphatic heterocycles. The number of carbonyl (C=O) groups is 1. The number of carbonyl (C=O) groups excluding carboxylic acids is 1. The van der Waals surface area contributed by atoms with Crippen LogP contribution >= 0.6 is 11.3 Å². The third-order valence-electron chi connectivity index (χ3n) is 4.84. The molecule has 2 aliphatic rings. The predicted molar refractivity (Wildman–Crippen MR) is 86.0 cm³/mol. The fourth-order valence-electron chi connectivity index (χ4n) is 3.82. The van der Waals surface area contributed by atoms with Crippen molar-refractivity contribution in [1.29, 1.82) is 0 Å². The van der Waals surface area contributed by atoms with Gasteiger partial charge in [-0.2, -0.15) is 0 Å². The van der Waals surface area contributed by atoms with Gasteiger partial charge in [0.05, 0.1) is 11.8 Å². The van der Waals surface area contributed by atoms with Crippen LogP contribution in [0, 0.1) is 6.92 Å². The van der Waals surface area contributed by atoms with Gasteiger partial charge in [0.2, 0.25) is 0 Å². The molecule has 1 amide bonds. The number of fused-ring (bicyclic) bond motifs is 2. The summed E-state index contributed by atoms with van der Waals surface area (Å²) in [4.78, 5) is 18.8. The van der Waals surface area contributed by atoms with Gasteiger partial charge in [-0.05, 0) is 37.3 Å². The van der Waals surface area contributed by atoms with Gasteiger partial charge < -0.3 is 9.32 Å². The van der Waals surface area contributed by atoms with Gasteiger partial charge in [0, 0.05) is 36.6 Å². The van der Waals surface area contributed by atoms with E-state index in [0.29, 0.717) is 12.1 Å². The summed E-state index contributed by atoms with van der Waals surface area (Å²) in [6.45, 7) is 4.84. The number of thiophene rings is 1. The zero-order valence-corrected chi connectivity index (χ0v) is 13.5. The van der Waals surface area contributed by atoms with Gasteiger partial charge in [-0.25, -0.2) is 0 Å². The molecule has 0 aliphatic carbocycles. The van der Waals surface area contributed by atoms with Gasteiger partial charge in [0.1, 0.15) is 5.76 Å². The van der Waals surface area contributed by atoms with Crippen molar-refractivity contribution in [3.8, 4) is 0 Å². The maximum Gasteiger partial charge on any atom is 0.257 e. The minimum absolute atomic E-state index is 0.148. The van der Waals surface area contributed by atoms with Crippen LogP contribution in [0.5, 0.6) is 0 Å². The summed E-state index contributed by atoms with van der Waals surface area (Å²) in [5.74, 6) is 0.875. The topological polar surface area (TPSA) is 36.7 Å². The van der Waals surface area contributed by atoms with Crippen LogP contribution in [0.25, 0.3) is 0 Å². The minimum atomic E-state index is 0.148. The summed E-state index contributed by atoms with van der Waals surface area (Å²) >= 11 is 1.81. The first-order valence-corrected chi connectivity index (χ1v) is 8.72. The Morgan fingerprint density at radius 1 is 1.32 bits per heavy atom. The van der Waals surface area contributed by atoms with E-state index in [4.69, 9.17) is 4.42 Å². The molecule has 2 aromatic heterocycles. The molecule has 4 nitrogen and oxygen atoms in total. The zero-order chi connectivity index (χ0) is 15.1. The molecule has 0 radical (unpaired) electrons. The number of amides is 1. The molecule has 2 unspecified atom stereocenters. The first kappa shape index (κ1) is 14.0. The Kier molecular flexibility index (Phi) is 3.54. The normalized spacial score (nSPS) is 24.9. The molecule has 0 spiro atoms. The van der Waals surface area contributed by atoms with Crippen LogP contribution in [-0.2, 0) is 6.54 Å². The van der Waals surface area contributed by atoms with E-state index in [-0.39, 0.29) is 5.91 Å². The monoisotopic (exact) mass is 316 g/mol. The molecular formula is C17H20N2O2S. The molecule has 2 saturated heterocycles. The molecular weight excluding hydrogens is 296 g/mol. The zero-order valence-electron chi connectivity index (χ0n) is 12.7. The average Bonchev–Trinajstić information content (AvgIpc) is 3.20. The maximum atomic E-state index is 12.8. The number of likely N-dealkylation sites (tertiary alicyclic amines) is 1. The lowest BCUT2D eigenvalue weighted by Gasteiger charge is -2.41. The van der Waals surface area contributed by atoms with Crippen LogP contribution in [-0.4, -0.2) is 40.9 Å². The molecule has 116 valence electrons. The van der Waals surface area contributed by atoms with Gasteiger partial charge >= 0.3 is 0 Å². The highest BCUT2D eigenvalue weighted by Crippen LogP contribution is 2.33. The van der Waals surface area contributed by atoms with Crippen molar-refractivity contribution in [2.75, 3.05) is 13.1 Å². The van der Waals surface area contributed by atoms with Crippen molar-refractivity contribution in [3.05, 3.63) is 46.0 Å². The first-order chi connectivity index (χ1) is 10.7. The lowest BCUT2D eigenvalue weighted by atomic mass is 10.1. The third kappa shape index (κ3) is 2.38. The maximum absolute atomic E-state index is 12.8. The summed E-state index contributed by atoms with van der Waals surface area (Å²) < 4.78 is 5.30. The Labute approximate surface area is 134 Å². The SMILES string of the molecule is Cc1occc1C(=O)N1C2CCC1CN(Cc1cccs1)C2. The quantitative estimate of drug-likeness (QED) is 0.873. The number of hydrogen-bond acceptors (Lipinski definition) is 4. The molecule has 2 aromatic rings. The van der Waals surface area contributed by atoms with Crippen LogP contribution in [0.2, 0.25) is 0 Å². The van der Waals surface area contributed by atoms with Gasteiger partial charge in [-0.1, -0.05) is 6.07 Å². The number of hydrogen-bond donors (Lipinski definition) is 0. The van der Waals surface area contributed by atoms with Crippen molar-refractivity contribution in [2.45, 2.75) is 38.4 Å². The van der Waals surface area contributed by atoms with E-state index < -0.39 is 0 Å². The fourth-order valence-corrected chi connectivity index (χ4v) is 4.57. The minimum Gasteiger partial charge on any atom is -0.469 e. The van der Waals surface area contributed by atoms with E-state index >= 15 is 0 Å². The summed E-state index contributed by atoms with van der Waals surface area (Å²) in [6, 6.07) is 6.80. The Balaban J connectivity index is 1.49. The molecule has 0 aromatic carbocycles. The van der Waals surface area contributed by atoms with Crippen LogP contribution < -0.4 is 0 Å². The standard InChI is InChI=1S/C17H20N2O2S/c1-12-16(6-7-21-12)17(20)19-13-4-5-14(19)10-18(9-13)11-15-3-2-8-22-15/h2-3,6-8,13-14H,4-5,9-11H2,1H3. The summed E-state index contributed by atoms with van der Waals surface area (Å²) in [7, 11) is 0. The van der Waals surface area contributed by atoms with Crippen LogP contribution in [0.1, 0.15) is 33.8 Å². The molecule has 5 heteroatoms. The molecule has 2 atom stereocenters.